The van der Waals surface area contributed by atoms with Crippen molar-refractivity contribution in [2.75, 3.05) is 20.1 Å². The number of likely N-dealkylation sites (N-methyl/N-ethyl adjacent to an activating group) is 1. The number of ether oxygens (including phenoxy) is 1. The summed E-state index contributed by atoms with van der Waals surface area (Å²) >= 11 is 0. The lowest BCUT2D eigenvalue weighted by atomic mass is 10.1. The number of hydrogen-bond donors (Lipinski definition) is 1. The van der Waals surface area contributed by atoms with Crippen molar-refractivity contribution in [3.05, 3.63) is 102 Å². The van der Waals surface area contributed by atoms with E-state index < -0.39 is 5.97 Å². The Bertz CT molecular complexity index is 1290. The van der Waals surface area contributed by atoms with Crippen LogP contribution >= 0.6 is 0 Å². The Morgan fingerprint density at radius 3 is 2.35 bits per heavy atom. The van der Waals surface area contributed by atoms with E-state index in [2.05, 4.69) is 34.0 Å². The number of rotatable bonds is 10. The van der Waals surface area contributed by atoms with E-state index in [1.165, 1.54) is 18.4 Å². The average molecular weight is 498 g/mol. The van der Waals surface area contributed by atoms with Crippen LogP contribution in [0, 0.1) is 0 Å². The summed E-state index contributed by atoms with van der Waals surface area (Å²) in [7, 11) is 2.13. The zero-order valence-corrected chi connectivity index (χ0v) is 20.9. The van der Waals surface area contributed by atoms with Gasteiger partial charge in [0.25, 0.3) is 0 Å². The topological polar surface area (TPSA) is 79.0 Å². The van der Waals surface area contributed by atoms with Crippen molar-refractivity contribution in [3.63, 3.8) is 0 Å². The van der Waals surface area contributed by atoms with Gasteiger partial charge >= 0.3 is 5.97 Å². The molecule has 7 heteroatoms. The molecule has 190 valence electrons. The van der Waals surface area contributed by atoms with Gasteiger partial charge in [-0.2, -0.15) is 0 Å². The molecule has 1 fully saturated rings. The van der Waals surface area contributed by atoms with Crippen LogP contribution in [-0.4, -0.2) is 52.0 Å². The first-order chi connectivity index (χ1) is 18.0. The summed E-state index contributed by atoms with van der Waals surface area (Å²) in [5.41, 5.74) is 3.63. The molecule has 1 aromatic heterocycles. The van der Waals surface area contributed by atoms with Crippen LogP contribution in [0.15, 0.2) is 89.7 Å². The second-order valence-electron chi connectivity index (χ2n) is 9.57. The fourth-order valence-corrected chi connectivity index (χ4v) is 4.86. The molecule has 1 aliphatic rings. The zero-order valence-electron chi connectivity index (χ0n) is 20.9. The molecule has 5 rings (SSSR count). The van der Waals surface area contributed by atoms with Crippen molar-refractivity contribution in [2.45, 2.75) is 32.0 Å². The van der Waals surface area contributed by atoms with E-state index in [9.17, 15) is 4.79 Å². The van der Waals surface area contributed by atoms with Crippen LogP contribution in [0.2, 0.25) is 0 Å². The van der Waals surface area contributed by atoms with E-state index in [0.717, 1.165) is 48.8 Å². The van der Waals surface area contributed by atoms with Crippen molar-refractivity contribution in [3.8, 4) is 23.0 Å². The van der Waals surface area contributed by atoms with Crippen molar-refractivity contribution < 1.29 is 19.1 Å². The van der Waals surface area contributed by atoms with Crippen LogP contribution in [0.25, 0.3) is 11.5 Å². The molecule has 7 nitrogen and oxygen atoms in total. The molecular formula is C30H31N3O4. The third-order valence-electron chi connectivity index (χ3n) is 6.75. The smallest absolute Gasteiger partial charge is 0.335 e. The summed E-state index contributed by atoms with van der Waals surface area (Å²) in [6.45, 7) is 3.79. The highest BCUT2D eigenvalue weighted by Gasteiger charge is 2.25. The van der Waals surface area contributed by atoms with Gasteiger partial charge in [0.2, 0.25) is 5.89 Å². The van der Waals surface area contributed by atoms with Gasteiger partial charge in [-0.15, -0.1) is 0 Å². The highest BCUT2D eigenvalue weighted by Crippen LogP contribution is 2.27. The average Bonchev–Trinajstić information content (AvgIpc) is 3.59. The number of carboxylic acid groups (broad SMARTS) is 1. The molecule has 1 saturated heterocycles. The fraction of sp³-hybridized carbons (Fsp3) is 0.267. The largest absolute Gasteiger partial charge is 0.478 e. The molecule has 0 bridgehead atoms. The number of hydrogen-bond acceptors (Lipinski definition) is 6. The Labute approximate surface area is 216 Å². The van der Waals surface area contributed by atoms with Gasteiger partial charge < -0.3 is 19.2 Å². The number of carboxylic acids is 1. The molecule has 0 unspecified atom stereocenters. The number of aromatic carboxylic acids is 1. The summed E-state index contributed by atoms with van der Waals surface area (Å²) in [5, 5.41) is 9.09. The van der Waals surface area contributed by atoms with Gasteiger partial charge in [-0.05, 0) is 86.1 Å². The number of nitrogens with zero attached hydrogens (tertiary/aromatic N) is 3. The maximum absolute atomic E-state index is 11.1. The van der Waals surface area contributed by atoms with Gasteiger partial charge in [0.15, 0.2) is 0 Å². The SMILES string of the molecule is CN(Cc1ccc(C(=O)O)cc1)C[C@H]1CCCN1Cc1ccc(Oc2ccc(-c3ncco3)cc2)cc1. The Morgan fingerprint density at radius 2 is 1.70 bits per heavy atom. The number of carbonyl (C=O) groups is 1. The summed E-state index contributed by atoms with van der Waals surface area (Å²) in [5.74, 6) is 1.28. The summed E-state index contributed by atoms with van der Waals surface area (Å²) < 4.78 is 11.4. The van der Waals surface area contributed by atoms with Crippen molar-refractivity contribution in [1.29, 1.82) is 0 Å². The van der Waals surface area contributed by atoms with Gasteiger partial charge in [-0.1, -0.05) is 24.3 Å². The van der Waals surface area contributed by atoms with E-state index in [0.29, 0.717) is 17.5 Å². The first-order valence-corrected chi connectivity index (χ1v) is 12.5. The minimum Gasteiger partial charge on any atom is -0.478 e. The molecule has 0 saturated carbocycles. The first-order valence-electron chi connectivity index (χ1n) is 12.5. The number of likely N-dealkylation sites (tertiary alicyclic amines) is 1. The molecule has 1 aliphatic heterocycles. The van der Waals surface area contributed by atoms with Crippen LogP contribution in [0.4, 0.5) is 0 Å². The number of aromatic nitrogens is 1. The highest BCUT2D eigenvalue weighted by molar-refractivity contribution is 5.87. The molecule has 0 radical (unpaired) electrons. The third kappa shape index (κ3) is 6.44. The maximum atomic E-state index is 11.1. The van der Waals surface area contributed by atoms with Crippen LogP contribution in [-0.2, 0) is 13.1 Å². The van der Waals surface area contributed by atoms with Crippen LogP contribution < -0.4 is 4.74 Å². The summed E-state index contributed by atoms with van der Waals surface area (Å²) in [4.78, 5) is 20.1. The van der Waals surface area contributed by atoms with Gasteiger partial charge in [0, 0.05) is 31.2 Å². The van der Waals surface area contributed by atoms with Gasteiger partial charge in [-0.3, -0.25) is 4.90 Å². The molecule has 3 aromatic carbocycles. The monoisotopic (exact) mass is 497 g/mol. The lowest BCUT2D eigenvalue weighted by molar-refractivity contribution is 0.0697. The normalized spacial score (nSPS) is 15.8. The Morgan fingerprint density at radius 1 is 1.03 bits per heavy atom. The Hall–Kier alpha value is -3.94. The second-order valence-corrected chi connectivity index (χ2v) is 9.57. The van der Waals surface area contributed by atoms with E-state index >= 15 is 0 Å². The maximum Gasteiger partial charge on any atom is 0.335 e. The molecule has 0 aliphatic carbocycles. The van der Waals surface area contributed by atoms with E-state index in [-0.39, 0.29) is 0 Å². The molecule has 4 aromatic rings. The first kappa shape index (κ1) is 24.7. The molecule has 2 heterocycles. The van der Waals surface area contributed by atoms with Crippen molar-refractivity contribution in [2.24, 2.45) is 0 Å². The fourth-order valence-electron chi connectivity index (χ4n) is 4.86. The Balaban J connectivity index is 1.13. The zero-order chi connectivity index (χ0) is 25.6. The lowest BCUT2D eigenvalue weighted by Gasteiger charge is -2.29. The molecular weight excluding hydrogens is 466 g/mol. The quantitative estimate of drug-likeness (QED) is 0.291. The minimum absolute atomic E-state index is 0.324. The van der Waals surface area contributed by atoms with Crippen molar-refractivity contribution >= 4 is 5.97 Å². The van der Waals surface area contributed by atoms with Crippen LogP contribution in [0.1, 0.15) is 34.3 Å². The van der Waals surface area contributed by atoms with Gasteiger partial charge in [-0.25, -0.2) is 9.78 Å². The third-order valence-corrected chi connectivity index (χ3v) is 6.75. The second kappa shape index (κ2) is 11.4. The number of oxazole rings is 1. The highest BCUT2D eigenvalue weighted by atomic mass is 16.5. The van der Waals surface area contributed by atoms with Crippen LogP contribution in [0.5, 0.6) is 11.5 Å². The van der Waals surface area contributed by atoms with E-state index in [1.54, 1.807) is 24.6 Å². The molecule has 1 N–H and O–H groups in total. The number of benzene rings is 3. The minimum atomic E-state index is -0.890. The molecule has 1 atom stereocenters. The lowest BCUT2D eigenvalue weighted by Crippen LogP contribution is -2.38. The summed E-state index contributed by atoms with van der Waals surface area (Å²) in [6.07, 6.45) is 5.59. The standard InChI is InChI=1S/C30H31N3O4/c1-32(19-22-4-8-25(9-5-22)30(34)35)21-26-3-2-17-33(26)20-23-6-12-27(13-7-23)37-28-14-10-24(11-15-28)29-31-16-18-36-29/h4-16,18,26H,2-3,17,19-21H2,1H3,(H,34,35)/t26-/m1/s1. The predicted octanol–water partition coefficient (Wildman–Crippen LogP) is 5.93. The molecule has 0 spiro atoms. The molecule has 37 heavy (non-hydrogen) atoms. The van der Waals surface area contributed by atoms with Crippen LogP contribution in [0.3, 0.4) is 0 Å². The molecule has 0 amide bonds. The van der Waals surface area contributed by atoms with E-state index in [1.807, 2.05) is 48.5 Å². The van der Waals surface area contributed by atoms with E-state index in [4.69, 9.17) is 14.3 Å². The Kier molecular flexibility index (Phi) is 7.63. The van der Waals surface area contributed by atoms with Crippen molar-refractivity contribution in [1.82, 2.24) is 14.8 Å². The van der Waals surface area contributed by atoms with Gasteiger partial charge in [0.1, 0.15) is 17.8 Å². The van der Waals surface area contributed by atoms with Gasteiger partial charge in [0.05, 0.1) is 11.8 Å². The predicted molar refractivity (Wildman–Crippen MR) is 142 cm³/mol. The summed E-state index contributed by atoms with van der Waals surface area (Å²) in [6, 6.07) is 23.7.